The zero-order chi connectivity index (χ0) is 22.0. The number of ether oxygens (including phenoxy) is 2. The molecule has 3 aromatic carbocycles. The molecule has 9 heteroatoms. The highest BCUT2D eigenvalue weighted by atomic mass is 32.2. The van der Waals surface area contributed by atoms with Crippen molar-refractivity contribution in [3.05, 3.63) is 78.6 Å². The topological polar surface area (TPSA) is 84.9 Å². The summed E-state index contributed by atoms with van der Waals surface area (Å²) in [4.78, 5) is 12.8. The summed E-state index contributed by atoms with van der Waals surface area (Å²) in [5.74, 6) is -0.507. The summed E-state index contributed by atoms with van der Waals surface area (Å²) in [5.41, 5.74) is 0.299. The van der Waals surface area contributed by atoms with Gasteiger partial charge in [0.25, 0.3) is 15.9 Å². The van der Waals surface area contributed by atoms with Crippen LogP contribution in [0.5, 0.6) is 11.5 Å². The maximum Gasteiger partial charge on any atom is 0.267 e. The molecule has 0 spiro atoms. The Hall–Kier alpha value is -3.59. The van der Waals surface area contributed by atoms with Crippen molar-refractivity contribution in [1.29, 1.82) is 0 Å². The van der Waals surface area contributed by atoms with E-state index in [4.69, 9.17) is 9.47 Å². The molecule has 1 heterocycles. The smallest absolute Gasteiger partial charge is 0.267 e. The first-order valence-electron chi connectivity index (χ1n) is 9.38. The van der Waals surface area contributed by atoms with Crippen molar-refractivity contribution in [2.75, 3.05) is 23.3 Å². The van der Waals surface area contributed by atoms with E-state index in [1.165, 1.54) is 37.4 Å². The van der Waals surface area contributed by atoms with Gasteiger partial charge in [0.15, 0.2) is 6.10 Å². The van der Waals surface area contributed by atoms with Gasteiger partial charge in [-0.05, 0) is 48.5 Å². The molecule has 0 unspecified atom stereocenters. The number of sulfonamides is 1. The van der Waals surface area contributed by atoms with Crippen molar-refractivity contribution >= 4 is 27.3 Å². The molecular weight excluding hydrogens is 423 g/mol. The zero-order valence-corrected chi connectivity index (χ0v) is 17.3. The van der Waals surface area contributed by atoms with Crippen LogP contribution in [0.15, 0.2) is 77.7 Å². The molecule has 0 radical (unpaired) electrons. The van der Waals surface area contributed by atoms with Crippen molar-refractivity contribution in [1.82, 2.24) is 0 Å². The molecule has 160 valence electrons. The van der Waals surface area contributed by atoms with Crippen LogP contribution in [0.2, 0.25) is 0 Å². The highest BCUT2D eigenvalue weighted by molar-refractivity contribution is 7.92. The number of benzene rings is 3. The lowest BCUT2D eigenvalue weighted by Gasteiger charge is -2.34. The van der Waals surface area contributed by atoms with Crippen LogP contribution in [0, 0.1) is 5.82 Å². The van der Waals surface area contributed by atoms with E-state index >= 15 is 0 Å². The number of nitrogens with one attached hydrogen (secondary N) is 1. The first-order valence-corrected chi connectivity index (χ1v) is 10.8. The number of amides is 1. The normalized spacial score (nSPS) is 15.5. The number of fused-ring (bicyclic) bond motifs is 1. The average Bonchev–Trinajstić information content (AvgIpc) is 2.79. The summed E-state index contributed by atoms with van der Waals surface area (Å²) in [6.45, 7) is -0.272. The van der Waals surface area contributed by atoms with E-state index in [1.54, 1.807) is 42.5 Å². The highest BCUT2D eigenvalue weighted by Crippen LogP contribution is 2.37. The highest BCUT2D eigenvalue weighted by Gasteiger charge is 2.37. The summed E-state index contributed by atoms with van der Waals surface area (Å²) in [5, 5.41) is 2.46. The van der Waals surface area contributed by atoms with Gasteiger partial charge in [-0.15, -0.1) is 0 Å². The molecule has 0 aromatic heterocycles. The number of nitrogens with zero attached hydrogens (tertiary/aromatic N) is 1. The van der Waals surface area contributed by atoms with Crippen LogP contribution in [0.3, 0.4) is 0 Å². The molecule has 1 amide bonds. The molecular formula is C22H19FN2O5S. The molecule has 0 saturated heterocycles. The van der Waals surface area contributed by atoms with Gasteiger partial charge in [-0.2, -0.15) is 0 Å². The Morgan fingerprint density at radius 3 is 2.45 bits per heavy atom. The van der Waals surface area contributed by atoms with E-state index in [0.29, 0.717) is 11.4 Å². The van der Waals surface area contributed by atoms with Crippen LogP contribution >= 0.6 is 0 Å². The van der Waals surface area contributed by atoms with Crippen LogP contribution in [0.1, 0.15) is 0 Å². The molecule has 0 fully saturated rings. The number of halogens is 1. The quantitative estimate of drug-likeness (QED) is 0.655. The second kappa shape index (κ2) is 8.27. The SMILES string of the molecule is COc1ccc(S(=O)(=O)N2C[C@H](C(=O)Nc3ccccc3F)Oc3ccccc32)cc1. The lowest BCUT2D eigenvalue weighted by atomic mass is 10.2. The maximum absolute atomic E-state index is 13.9. The van der Waals surface area contributed by atoms with Crippen LogP contribution < -0.4 is 19.1 Å². The predicted molar refractivity (Wildman–Crippen MR) is 113 cm³/mol. The second-order valence-corrected chi connectivity index (χ2v) is 8.62. The standard InChI is InChI=1S/C22H19FN2O5S/c1-29-15-10-12-16(13-11-15)31(27,28)25-14-21(30-20-9-5-4-8-19(20)25)22(26)24-18-7-3-2-6-17(18)23/h2-13,21H,14H2,1H3,(H,24,26)/t21-/m1/s1. The third-order valence-corrected chi connectivity index (χ3v) is 6.60. The van der Waals surface area contributed by atoms with Crippen molar-refractivity contribution in [2.24, 2.45) is 0 Å². The molecule has 7 nitrogen and oxygen atoms in total. The molecule has 1 atom stereocenters. The summed E-state index contributed by atoms with van der Waals surface area (Å²) in [6, 6.07) is 18.2. The largest absolute Gasteiger partial charge is 0.497 e. The van der Waals surface area contributed by atoms with Gasteiger partial charge >= 0.3 is 0 Å². The van der Waals surface area contributed by atoms with Crippen LogP contribution in [-0.2, 0) is 14.8 Å². The summed E-state index contributed by atoms with van der Waals surface area (Å²) >= 11 is 0. The Bertz CT molecular complexity index is 1210. The Morgan fingerprint density at radius 2 is 1.74 bits per heavy atom. The van der Waals surface area contributed by atoms with E-state index in [0.717, 1.165) is 4.31 Å². The number of rotatable bonds is 5. The van der Waals surface area contributed by atoms with Gasteiger partial charge in [0.05, 0.1) is 29.9 Å². The Morgan fingerprint density at radius 1 is 1.06 bits per heavy atom. The van der Waals surface area contributed by atoms with Crippen LogP contribution in [-0.4, -0.2) is 34.1 Å². The van der Waals surface area contributed by atoms with Crippen molar-refractivity contribution in [2.45, 2.75) is 11.0 Å². The van der Waals surface area contributed by atoms with Crippen LogP contribution in [0.4, 0.5) is 15.8 Å². The third-order valence-electron chi connectivity index (χ3n) is 4.81. The third kappa shape index (κ3) is 4.04. The minimum absolute atomic E-state index is 0.0143. The van der Waals surface area contributed by atoms with Gasteiger partial charge in [-0.1, -0.05) is 24.3 Å². The molecule has 1 aliphatic heterocycles. The molecule has 1 aliphatic rings. The zero-order valence-electron chi connectivity index (χ0n) is 16.5. The summed E-state index contributed by atoms with van der Waals surface area (Å²) in [7, 11) is -2.52. The molecule has 1 N–H and O–H groups in total. The van der Waals surface area contributed by atoms with Crippen molar-refractivity contribution in [3.63, 3.8) is 0 Å². The minimum atomic E-state index is -4.00. The average molecular weight is 442 g/mol. The molecule has 31 heavy (non-hydrogen) atoms. The monoisotopic (exact) mass is 442 g/mol. The summed E-state index contributed by atoms with van der Waals surface area (Å²) in [6.07, 6.45) is -1.18. The molecule has 0 saturated carbocycles. The number of anilines is 2. The Balaban J connectivity index is 1.67. The van der Waals surface area contributed by atoms with Crippen molar-refractivity contribution < 1.29 is 27.1 Å². The Labute approximate surface area is 179 Å². The van der Waals surface area contributed by atoms with Gasteiger partial charge in [0, 0.05) is 0 Å². The van der Waals surface area contributed by atoms with Gasteiger partial charge in [-0.3, -0.25) is 9.10 Å². The molecule has 3 aromatic rings. The van der Waals surface area contributed by atoms with Crippen molar-refractivity contribution in [3.8, 4) is 11.5 Å². The molecule has 4 rings (SSSR count). The van der Waals surface area contributed by atoms with Crippen LogP contribution in [0.25, 0.3) is 0 Å². The van der Waals surface area contributed by atoms with E-state index < -0.39 is 27.9 Å². The second-order valence-electron chi connectivity index (χ2n) is 6.75. The molecule has 0 aliphatic carbocycles. The van der Waals surface area contributed by atoms with Gasteiger partial charge in [0.2, 0.25) is 0 Å². The number of para-hydroxylation sites is 3. The van der Waals surface area contributed by atoms with Gasteiger partial charge in [0.1, 0.15) is 17.3 Å². The van der Waals surface area contributed by atoms with E-state index in [1.807, 2.05) is 0 Å². The fourth-order valence-corrected chi connectivity index (χ4v) is 4.69. The number of carbonyl (C=O) groups is 1. The first-order chi connectivity index (χ1) is 14.9. The lowest BCUT2D eigenvalue weighted by Crippen LogP contribution is -2.48. The number of methoxy groups -OCH3 is 1. The first kappa shape index (κ1) is 20.7. The fourth-order valence-electron chi connectivity index (χ4n) is 3.22. The van der Waals surface area contributed by atoms with E-state index in [-0.39, 0.29) is 22.9 Å². The van der Waals surface area contributed by atoms with Gasteiger partial charge < -0.3 is 14.8 Å². The molecule has 0 bridgehead atoms. The maximum atomic E-state index is 13.9. The number of hydrogen-bond donors (Lipinski definition) is 1. The van der Waals surface area contributed by atoms with Gasteiger partial charge in [-0.25, -0.2) is 12.8 Å². The van der Waals surface area contributed by atoms with E-state index in [9.17, 15) is 17.6 Å². The predicted octanol–water partition coefficient (Wildman–Crippen LogP) is 3.43. The number of carbonyl (C=O) groups excluding carboxylic acids is 1. The fraction of sp³-hybridized carbons (Fsp3) is 0.136. The summed E-state index contributed by atoms with van der Waals surface area (Å²) < 4.78 is 52.6. The minimum Gasteiger partial charge on any atom is -0.497 e. The number of hydrogen-bond acceptors (Lipinski definition) is 5. The lowest BCUT2D eigenvalue weighted by molar-refractivity contribution is -0.122. The Kier molecular flexibility index (Phi) is 5.51. The van der Waals surface area contributed by atoms with E-state index in [2.05, 4.69) is 5.32 Å².